The van der Waals surface area contributed by atoms with Crippen LogP contribution in [0.3, 0.4) is 0 Å². The second-order valence-electron chi connectivity index (χ2n) is 5.78. The van der Waals surface area contributed by atoms with E-state index in [0.717, 1.165) is 60.4 Å². The van der Waals surface area contributed by atoms with Crippen molar-refractivity contribution in [2.45, 2.75) is 13.8 Å². The van der Waals surface area contributed by atoms with Crippen molar-refractivity contribution in [2.24, 2.45) is 4.99 Å². The highest BCUT2D eigenvalue weighted by Gasteiger charge is 2.26. The first-order valence-electron chi connectivity index (χ1n) is 8.06. The predicted octanol–water partition coefficient (Wildman–Crippen LogP) is 2.98. The second kappa shape index (κ2) is 7.05. The van der Waals surface area contributed by atoms with Gasteiger partial charge in [0.05, 0.1) is 17.0 Å². The van der Waals surface area contributed by atoms with Gasteiger partial charge in [-0.25, -0.2) is 4.99 Å². The molecule has 1 saturated heterocycles. The summed E-state index contributed by atoms with van der Waals surface area (Å²) in [6.07, 6.45) is 6.66. The van der Waals surface area contributed by atoms with Crippen molar-refractivity contribution in [3.8, 4) is 0 Å². The molecule has 0 aliphatic carbocycles. The highest BCUT2D eigenvalue weighted by atomic mass is 32.1. The van der Waals surface area contributed by atoms with Crippen LogP contribution in [0.4, 0.5) is 5.00 Å². The Morgan fingerprint density at radius 3 is 2.71 bits per heavy atom. The van der Waals surface area contributed by atoms with Crippen LogP contribution < -0.4 is 5.32 Å². The number of amides is 1. The normalized spacial score (nSPS) is 21.2. The first-order chi connectivity index (χ1) is 11.7. The first kappa shape index (κ1) is 16.5. The number of carbonyl (C=O) groups is 1. The summed E-state index contributed by atoms with van der Waals surface area (Å²) in [5.41, 5.74) is 2.99. The SMILES string of the molecule is C=C/C=C1/Nc2sc(C)cc2C(N2CCN(C=O)CC2)=N/C1=C/C. The summed E-state index contributed by atoms with van der Waals surface area (Å²) >= 11 is 1.73. The predicted molar refractivity (Wildman–Crippen MR) is 100 cm³/mol. The summed E-state index contributed by atoms with van der Waals surface area (Å²) in [6.45, 7) is 11.0. The molecule has 2 aliphatic heterocycles. The van der Waals surface area contributed by atoms with E-state index in [-0.39, 0.29) is 0 Å². The third-order valence-electron chi connectivity index (χ3n) is 4.17. The molecule has 3 rings (SSSR count). The number of allylic oxidation sites excluding steroid dienone is 3. The van der Waals surface area contributed by atoms with Crippen LogP contribution in [0, 0.1) is 6.92 Å². The van der Waals surface area contributed by atoms with Crippen molar-refractivity contribution in [1.29, 1.82) is 0 Å². The van der Waals surface area contributed by atoms with E-state index in [1.165, 1.54) is 4.88 Å². The summed E-state index contributed by atoms with van der Waals surface area (Å²) in [4.78, 5) is 21.2. The zero-order valence-corrected chi connectivity index (χ0v) is 14.9. The molecule has 2 aliphatic rings. The van der Waals surface area contributed by atoms with Crippen molar-refractivity contribution in [1.82, 2.24) is 9.80 Å². The maximum absolute atomic E-state index is 11.0. The van der Waals surface area contributed by atoms with E-state index < -0.39 is 0 Å². The second-order valence-corrected chi connectivity index (χ2v) is 7.03. The zero-order chi connectivity index (χ0) is 17.1. The molecule has 1 N–H and O–H groups in total. The van der Waals surface area contributed by atoms with Gasteiger partial charge >= 0.3 is 0 Å². The molecule has 0 aromatic carbocycles. The largest absolute Gasteiger partial charge is 0.352 e. The van der Waals surface area contributed by atoms with Crippen LogP contribution in [0.5, 0.6) is 0 Å². The van der Waals surface area contributed by atoms with E-state index >= 15 is 0 Å². The molecule has 6 heteroatoms. The Bertz CT molecular complexity index is 736. The van der Waals surface area contributed by atoms with Gasteiger partial charge in [-0.15, -0.1) is 11.3 Å². The van der Waals surface area contributed by atoms with Gasteiger partial charge in [0.1, 0.15) is 10.8 Å². The Hall–Kier alpha value is -2.34. The molecule has 5 nitrogen and oxygen atoms in total. The van der Waals surface area contributed by atoms with E-state index in [1.807, 2.05) is 24.0 Å². The minimum Gasteiger partial charge on any atom is -0.352 e. The lowest BCUT2D eigenvalue weighted by Crippen LogP contribution is -2.48. The molecule has 3 heterocycles. The molecular weight excluding hydrogens is 320 g/mol. The standard InChI is InChI=1S/C18H22N4OS/c1-4-6-16-15(5-2)19-17(14-11-13(3)24-18(14)20-16)22-9-7-21(12-23)8-10-22/h4-6,11-12,20H,1,7-10H2,2-3H3/b15-5+,16-6+. The fraction of sp³-hybridized carbons (Fsp3) is 0.333. The van der Waals surface area contributed by atoms with Gasteiger partial charge in [-0.3, -0.25) is 4.79 Å². The Morgan fingerprint density at radius 2 is 2.08 bits per heavy atom. The number of nitrogens with one attached hydrogen (secondary N) is 1. The molecule has 24 heavy (non-hydrogen) atoms. The minimum atomic E-state index is 0.731. The lowest BCUT2D eigenvalue weighted by atomic mass is 10.2. The third kappa shape index (κ3) is 3.14. The van der Waals surface area contributed by atoms with Gasteiger partial charge in [0.25, 0.3) is 0 Å². The van der Waals surface area contributed by atoms with E-state index in [0.29, 0.717) is 0 Å². The van der Waals surface area contributed by atoms with Crippen LogP contribution in [-0.4, -0.2) is 48.2 Å². The lowest BCUT2D eigenvalue weighted by molar-refractivity contribution is -0.119. The number of nitrogens with zero attached hydrogens (tertiary/aromatic N) is 3. The summed E-state index contributed by atoms with van der Waals surface area (Å²) < 4.78 is 0. The summed E-state index contributed by atoms with van der Waals surface area (Å²) in [6, 6.07) is 2.18. The molecule has 0 bridgehead atoms. The molecule has 0 saturated carbocycles. The number of hydrogen-bond acceptors (Lipinski definition) is 5. The number of anilines is 1. The fourth-order valence-electron chi connectivity index (χ4n) is 2.94. The smallest absolute Gasteiger partial charge is 0.209 e. The van der Waals surface area contributed by atoms with E-state index in [1.54, 1.807) is 17.4 Å². The van der Waals surface area contributed by atoms with Gasteiger partial charge in [0, 0.05) is 31.1 Å². The van der Waals surface area contributed by atoms with Crippen LogP contribution in [0.25, 0.3) is 0 Å². The average Bonchev–Trinajstić information content (AvgIpc) is 2.89. The molecule has 0 spiro atoms. The Balaban J connectivity index is 2.03. The van der Waals surface area contributed by atoms with Crippen LogP contribution >= 0.6 is 11.3 Å². The minimum absolute atomic E-state index is 0.731. The highest BCUT2D eigenvalue weighted by molar-refractivity contribution is 7.16. The Labute approximate surface area is 146 Å². The number of thiophene rings is 1. The number of rotatable bonds is 2. The number of amidine groups is 1. The molecule has 0 radical (unpaired) electrons. The number of carbonyl (C=O) groups excluding carboxylic acids is 1. The Kier molecular flexibility index (Phi) is 4.85. The van der Waals surface area contributed by atoms with Crippen LogP contribution in [0.2, 0.25) is 0 Å². The molecule has 126 valence electrons. The summed E-state index contributed by atoms with van der Waals surface area (Å²) in [7, 11) is 0. The van der Waals surface area contributed by atoms with E-state index in [2.05, 4.69) is 29.8 Å². The van der Waals surface area contributed by atoms with Crippen LogP contribution in [-0.2, 0) is 4.79 Å². The molecule has 1 amide bonds. The first-order valence-corrected chi connectivity index (χ1v) is 8.88. The van der Waals surface area contributed by atoms with Crippen LogP contribution in [0.15, 0.2) is 47.3 Å². The van der Waals surface area contributed by atoms with Gasteiger partial charge in [-0.1, -0.05) is 18.7 Å². The van der Waals surface area contributed by atoms with Crippen LogP contribution in [0.1, 0.15) is 17.4 Å². The monoisotopic (exact) mass is 342 g/mol. The molecule has 1 aromatic rings. The topological polar surface area (TPSA) is 47.9 Å². The van der Waals surface area contributed by atoms with Gasteiger partial charge in [-0.05, 0) is 26.0 Å². The lowest BCUT2D eigenvalue weighted by Gasteiger charge is -2.34. The number of piperazine rings is 1. The maximum atomic E-state index is 11.0. The summed E-state index contributed by atoms with van der Waals surface area (Å²) in [5, 5.41) is 4.61. The van der Waals surface area contributed by atoms with Crippen molar-refractivity contribution in [2.75, 3.05) is 31.5 Å². The number of aryl methyl sites for hydroxylation is 1. The third-order valence-corrected chi connectivity index (χ3v) is 5.13. The summed E-state index contributed by atoms with van der Waals surface area (Å²) in [5.74, 6) is 0.980. The van der Waals surface area contributed by atoms with Crippen molar-refractivity contribution < 1.29 is 4.79 Å². The molecule has 1 aromatic heterocycles. The molecule has 0 atom stereocenters. The number of hydrogen-bond donors (Lipinski definition) is 1. The van der Waals surface area contributed by atoms with E-state index in [9.17, 15) is 4.79 Å². The van der Waals surface area contributed by atoms with Crippen molar-refractivity contribution in [3.05, 3.63) is 52.7 Å². The highest BCUT2D eigenvalue weighted by Crippen LogP contribution is 2.34. The average molecular weight is 342 g/mol. The van der Waals surface area contributed by atoms with Gasteiger partial charge < -0.3 is 15.1 Å². The molecule has 0 unspecified atom stereocenters. The zero-order valence-electron chi connectivity index (χ0n) is 14.1. The maximum Gasteiger partial charge on any atom is 0.209 e. The molecular formula is C18H22N4OS. The molecule has 1 fully saturated rings. The fourth-order valence-corrected chi connectivity index (χ4v) is 3.86. The van der Waals surface area contributed by atoms with Crippen molar-refractivity contribution in [3.63, 3.8) is 0 Å². The van der Waals surface area contributed by atoms with Gasteiger partial charge in [0.15, 0.2) is 0 Å². The Morgan fingerprint density at radius 1 is 1.33 bits per heavy atom. The number of aliphatic imine (C=N–C) groups is 1. The van der Waals surface area contributed by atoms with Gasteiger partial charge in [-0.2, -0.15) is 0 Å². The quantitative estimate of drug-likeness (QED) is 0.841. The van der Waals surface area contributed by atoms with Gasteiger partial charge in [0.2, 0.25) is 6.41 Å². The van der Waals surface area contributed by atoms with Crippen molar-refractivity contribution >= 4 is 28.6 Å². The number of fused-ring (bicyclic) bond motifs is 1. The van der Waals surface area contributed by atoms with E-state index in [4.69, 9.17) is 4.99 Å².